The molecule has 0 atom stereocenters. The molecular formula is C28H25ClFN5O6S. The van der Waals surface area contributed by atoms with Crippen LogP contribution < -0.4 is 19.7 Å². The summed E-state index contributed by atoms with van der Waals surface area (Å²) in [5, 5.41) is 1.98. The van der Waals surface area contributed by atoms with Gasteiger partial charge in [-0.1, -0.05) is 6.07 Å². The Bertz CT molecular complexity index is 1530. The minimum Gasteiger partial charge on any atom is -0.490 e. The number of hydrogen-bond donors (Lipinski definition) is 1. The van der Waals surface area contributed by atoms with E-state index >= 15 is 0 Å². The van der Waals surface area contributed by atoms with Crippen LogP contribution in [0.25, 0.3) is 6.08 Å². The normalized spacial score (nSPS) is 16.2. The number of amides is 3. The molecule has 0 bridgehead atoms. The number of ether oxygens (including phenoxy) is 3. The van der Waals surface area contributed by atoms with Crippen molar-refractivity contribution < 1.29 is 33.0 Å². The number of nitrogens with zero attached hydrogens (tertiary/aromatic N) is 4. The van der Waals surface area contributed by atoms with Crippen LogP contribution in [-0.4, -0.2) is 71.4 Å². The first-order chi connectivity index (χ1) is 20.3. The van der Waals surface area contributed by atoms with Gasteiger partial charge in [0.05, 0.1) is 30.9 Å². The standard InChI is InChI=1S/C28H25ClFN5O6S/c1-2-40-22-13-17(3-8-21(22)41-25-20(30)15-31-27(29)33-25)14-23-26(37)35(28(38)42-23)16-24(36)32-18-4-6-19(7-5-18)34-9-11-39-12-10-34/h3-8,13-15H,2,9-12,16H2,1H3,(H,32,36)/b23-14+. The summed E-state index contributed by atoms with van der Waals surface area (Å²) in [5.74, 6) is -1.89. The van der Waals surface area contributed by atoms with E-state index in [4.69, 9.17) is 25.8 Å². The second-order valence-electron chi connectivity index (χ2n) is 9.00. The van der Waals surface area contributed by atoms with Crippen molar-refractivity contribution in [1.82, 2.24) is 14.9 Å². The summed E-state index contributed by atoms with van der Waals surface area (Å²) in [6, 6.07) is 12.0. The number of nitrogens with one attached hydrogen (secondary N) is 1. The highest BCUT2D eigenvalue weighted by Gasteiger charge is 2.36. The average molecular weight is 614 g/mol. The summed E-state index contributed by atoms with van der Waals surface area (Å²) in [6.07, 6.45) is 2.39. The van der Waals surface area contributed by atoms with Crippen molar-refractivity contribution in [3.05, 3.63) is 70.2 Å². The summed E-state index contributed by atoms with van der Waals surface area (Å²) in [5.41, 5.74) is 2.08. The van der Waals surface area contributed by atoms with Crippen molar-refractivity contribution in [2.75, 3.05) is 49.7 Å². The maximum atomic E-state index is 14.1. The predicted molar refractivity (Wildman–Crippen MR) is 155 cm³/mol. The van der Waals surface area contributed by atoms with Crippen LogP contribution in [-0.2, 0) is 14.3 Å². The van der Waals surface area contributed by atoms with Crippen LogP contribution >= 0.6 is 23.4 Å². The van der Waals surface area contributed by atoms with Gasteiger partial charge in [-0.25, -0.2) is 4.98 Å². The molecule has 2 aliphatic rings. The van der Waals surface area contributed by atoms with Gasteiger partial charge >= 0.3 is 0 Å². The fourth-order valence-corrected chi connectivity index (χ4v) is 5.15. The molecule has 42 heavy (non-hydrogen) atoms. The van der Waals surface area contributed by atoms with Crippen LogP contribution in [0.1, 0.15) is 12.5 Å². The van der Waals surface area contributed by atoms with Gasteiger partial charge in [-0.05, 0) is 78.3 Å². The molecule has 14 heteroatoms. The van der Waals surface area contributed by atoms with E-state index in [2.05, 4.69) is 20.2 Å². The Morgan fingerprint density at radius 3 is 2.67 bits per heavy atom. The molecule has 2 aromatic carbocycles. The number of anilines is 2. The summed E-state index contributed by atoms with van der Waals surface area (Å²) < 4.78 is 30.6. The van der Waals surface area contributed by atoms with Crippen molar-refractivity contribution in [3.8, 4) is 17.4 Å². The fourth-order valence-electron chi connectivity index (χ4n) is 4.18. The molecule has 5 rings (SSSR count). The van der Waals surface area contributed by atoms with E-state index < -0.39 is 29.4 Å². The molecule has 0 unspecified atom stereocenters. The first kappa shape index (κ1) is 29.3. The van der Waals surface area contributed by atoms with Gasteiger partial charge in [-0.3, -0.25) is 19.3 Å². The minimum absolute atomic E-state index is 0.132. The molecule has 0 saturated carbocycles. The maximum Gasteiger partial charge on any atom is 0.294 e. The van der Waals surface area contributed by atoms with Gasteiger partial charge < -0.3 is 24.4 Å². The van der Waals surface area contributed by atoms with Gasteiger partial charge in [0.1, 0.15) is 6.54 Å². The number of carbonyl (C=O) groups excluding carboxylic acids is 3. The zero-order valence-electron chi connectivity index (χ0n) is 22.3. The quantitative estimate of drug-likeness (QED) is 0.261. The van der Waals surface area contributed by atoms with Crippen molar-refractivity contribution in [2.24, 2.45) is 0 Å². The number of imide groups is 1. The van der Waals surface area contributed by atoms with Crippen molar-refractivity contribution in [1.29, 1.82) is 0 Å². The number of hydrogen-bond acceptors (Lipinski definition) is 10. The molecule has 3 amide bonds. The van der Waals surface area contributed by atoms with Crippen LogP contribution in [0.2, 0.25) is 5.28 Å². The topological polar surface area (TPSA) is 123 Å². The lowest BCUT2D eigenvalue weighted by atomic mass is 10.2. The number of aromatic nitrogens is 2. The van der Waals surface area contributed by atoms with E-state index in [0.717, 1.165) is 41.6 Å². The Balaban J connectivity index is 1.24. The molecule has 3 aromatic rings. The average Bonchev–Trinajstić information content (AvgIpc) is 3.24. The lowest BCUT2D eigenvalue weighted by Crippen LogP contribution is -2.36. The molecule has 0 aliphatic carbocycles. The zero-order valence-corrected chi connectivity index (χ0v) is 23.9. The molecule has 3 heterocycles. The summed E-state index contributed by atoms with van der Waals surface area (Å²) in [4.78, 5) is 48.8. The lowest BCUT2D eigenvalue weighted by molar-refractivity contribution is -0.127. The third-order valence-electron chi connectivity index (χ3n) is 6.16. The fraction of sp³-hybridized carbons (Fsp3) is 0.250. The van der Waals surface area contributed by atoms with E-state index in [9.17, 15) is 18.8 Å². The van der Waals surface area contributed by atoms with Gasteiger partial charge in [0.25, 0.3) is 17.0 Å². The number of benzene rings is 2. The third kappa shape index (κ3) is 6.98. The highest BCUT2D eigenvalue weighted by atomic mass is 35.5. The molecule has 0 radical (unpaired) electrons. The predicted octanol–water partition coefficient (Wildman–Crippen LogP) is 4.97. The third-order valence-corrected chi connectivity index (χ3v) is 7.25. The molecule has 218 valence electrons. The number of rotatable bonds is 9. The van der Waals surface area contributed by atoms with Crippen LogP contribution in [0.15, 0.2) is 53.6 Å². The van der Waals surface area contributed by atoms with Crippen LogP contribution in [0.3, 0.4) is 0 Å². The monoisotopic (exact) mass is 613 g/mol. The van der Waals surface area contributed by atoms with Gasteiger partial charge in [-0.15, -0.1) is 0 Å². The Morgan fingerprint density at radius 2 is 1.93 bits per heavy atom. The summed E-state index contributed by atoms with van der Waals surface area (Å²) in [6.45, 7) is 4.51. The largest absolute Gasteiger partial charge is 0.490 e. The molecule has 0 spiro atoms. The maximum absolute atomic E-state index is 14.1. The number of morpholine rings is 1. The van der Waals surface area contributed by atoms with Crippen LogP contribution in [0.5, 0.6) is 17.4 Å². The van der Waals surface area contributed by atoms with Crippen LogP contribution in [0.4, 0.5) is 20.6 Å². The second-order valence-corrected chi connectivity index (χ2v) is 10.3. The first-order valence-electron chi connectivity index (χ1n) is 12.9. The molecule has 2 saturated heterocycles. The Kier molecular flexibility index (Phi) is 9.20. The van der Waals surface area contributed by atoms with Gasteiger partial charge in [0, 0.05) is 24.5 Å². The molecule has 1 N–H and O–H groups in total. The first-order valence-corrected chi connectivity index (χ1v) is 14.1. The smallest absolute Gasteiger partial charge is 0.294 e. The molecule has 1 aromatic heterocycles. The number of halogens is 2. The van der Waals surface area contributed by atoms with Crippen molar-refractivity contribution >= 4 is 57.9 Å². The van der Waals surface area contributed by atoms with Gasteiger partial charge in [0.15, 0.2) is 11.5 Å². The molecule has 2 aliphatic heterocycles. The molecule has 2 fully saturated rings. The highest BCUT2D eigenvalue weighted by Crippen LogP contribution is 2.36. The Labute approximate surface area is 249 Å². The lowest BCUT2D eigenvalue weighted by Gasteiger charge is -2.28. The van der Waals surface area contributed by atoms with Crippen molar-refractivity contribution in [3.63, 3.8) is 0 Å². The van der Waals surface area contributed by atoms with E-state index in [-0.39, 0.29) is 34.2 Å². The Hall–Kier alpha value is -4.20. The second kappa shape index (κ2) is 13.2. The molecule has 11 nitrogen and oxygen atoms in total. The van der Waals surface area contributed by atoms with Gasteiger partial charge in [-0.2, -0.15) is 9.37 Å². The molecular weight excluding hydrogens is 589 g/mol. The van der Waals surface area contributed by atoms with E-state index in [1.54, 1.807) is 31.2 Å². The van der Waals surface area contributed by atoms with Gasteiger partial charge in [0.2, 0.25) is 17.0 Å². The zero-order chi connectivity index (χ0) is 29.6. The highest BCUT2D eigenvalue weighted by molar-refractivity contribution is 8.18. The Morgan fingerprint density at radius 1 is 1.17 bits per heavy atom. The SMILES string of the molecule is CCOc1cc(/C=C2/SC(=O)N(CC(=O)Nc3ccc(N4CCOCC4)cc3)C2=O)ccc1Oc1nc(Cl)ncc1F. The van der Waals surface area contributed by atoms with Crippen molar-refractivity contribution in [2.45, 2.75) is 6.92 Å². The summed E-state index contributed by atoms with van der Waals surface area (Å²) >= 11 is 6.46. The van der Waals surface area contributed by atoms with E-state index in [1.807, 2.05) is 12.1 Å². The van der Waals surface area contributed by atoms with E-state index in [0.29, 0.717) is 24.5 Å². The number of carbonyl (C=O) groups is 3. The summed E-state index contributed by atoms with van der Waals surface area (Å²) in [7, 11) is 0. The minimum atomic E-state index is -0.811. The van der Waals surface area contributed by atoms with Crippen LogP contribution in [0, 0.1) is 5.82 Å². The van der Waals surface area contributed by atoms with E-state index in [1.165, 1.54) is 12.1 Å². The number of thioether (sulfide) groups is 1.